The Morgan fingerprint density at radius 1 is 0.941 bits per heavy atom. The van der Waals surface area contributed by atoms with E-state index in [2.05, 4.69) is 0 Å². The van der Waals surface area contributed by atoms with Gasteiger partial charge in [0.1, 0.15) is 25.1 Å². The van der Waals surface area contributed by atoms with Gasteiger partial charge in [0, 0.05) is 6.07 Å². The van der Waals surface area contributed by atoms with Crippen LogP contribution in [-0.2, 0) is 20.2 Å². The second-order valence-electron chi connectivity index (χ2n) is 2.70. The molecule has 0 atom stereocenters. The van der Waals surface area contributed by atoms with Crippen molar-refractivity contribution in [2.45, 2.75) is 9.79 Å². The Morgan fingerprint density at radius 2 is 1.41 bits per heavy atom. The molecule has 1 rings (SSSR count). The third kappa shape index (κ3) is 3.81. The minimum atomic E-state index is -5.20. The van der Waals surface area contributed by atoms with Crippen molar-refractivity contribution in [3.8, 4) is 11.5 Å². The second-order valence-corrected chi connectivity index (χ2v) is 5.43. The van der Waals surface area contributed by atoms with Crippen LogP contribution in [0.2, 0.25) is 0 Å². The summed E-state index contributed by atoms with van der Waals surface area (Å²) in [5.41, 5.74) is 0. The Bertz CT molecular complexity index is 632. The molecule has 0 spiro atoms. The molecule has 2 N–H and O–H groups in total. The second kappa shape index (κ2) is 5.10. The van der Waals surface area contributed by atoms with E-state index in [1.165, 1.54) is 0 Å². The molecule has 0 saturated heterocycles. The van der Waals surface area contributed by atoms with E-state index in [0.29, 0.717) is 6.07 Å². The van der Waals surface area contributed by atoms with Crippen molar-refractivity contribution in [3.05, 3.63) is 12.1 Å². The average Bonchev–Trinajstić information content (AvgIpc) is 2.05. The van der Waals surface area contributed by atoms with Crippen molar-refractivity contribution < 1.29 is 65.7 Å². The zero-order valence-corrected chi connectivity index (χ0v) is 11.9. The van der Waals surface area contributed by atoms with Gasteiger partial charge in [0.15, 0.2) is 11.5 Å². The number of hydrogen-bond acceptors (Lipinski definition) is 8. The van der Waals surface area contributed by atoms with Gasteiger partial charge in [-0.15, -0.1) is 0 Å². The summed E-state index contributed by atoms with van der Waals surface area (Å²) < 4.78 is 63.3. The van der Waals surface area contributed by atoms with Crippen molar-refractivity contribution >= 4 is 20.2 Å². The van der Waals surface area contributed by atoms with Crippen molar-refractivity contribution in [1.82, 2.24) is 0 Å². The predicted octanol–water partition coefficient (Wildman–Crippen LogP) is -4.09. The van der Waals surface area contributed by atoms with Crippen LogP contribution in [0.4, 0.5) is 0 Å². The van der Waals surface area contributed by atoms with Crippen LogP contribution in [0.1, 0.15) is 0 Å². The summed E-state index contributed by atoms with van der Waals surface area (Å²) in [7, 11) is -10.3. The van der Waals surface area contributed by atoms with E-state index < -0.39 is 41.5 Å². The van der Waals surface area contributed by atoms with Gasteiger partial charge < -0.3 is 19.3 Å². The normalized spacial score (nSPS) is 11.9. The molecule has 0 fully saturated rings. The number of hydrogen-bond donors (Lipinski definition) is 2. The number of aromatic hydroxyl groups is 2. The molecule has 90 valence electrons. The van der Waals surface area contributed by atoms with Crippen LogP contribution in [0, 0.1) is 0 Å². The van der Waals surface area contributed by atoms with Gasteiger partial charge in [0.05, 0.1) is 4.90 Å². The third-order valence-corrected chi connectivity index (χ3v) is 3.25. The summed E-state index contributed by atoms with van der Waals surface area (Å²) >= 11 is 0. The molecule has 0 amide bonds. The van der Waals surface area contributed by atoms with Gasteiger partial charge in [-0.1, -0.05) is 0 Å². The molecule has 1 aromatic carbocycles. The molecule has 0 heterocycles. The molecule has 0 bridgehead atoms. The molecule has 11 heteroatoms. The molecule has 0 aliphatic rings. The Labute approximate surface area is 119 Å². The maximum Gasteiger partial charge on any atom is 1.00 e. The van der Waals surface area contributed by atoms with Gasteiger partial charge in [-0.25, -0.2) is 16.8 Å². The zero-order chi connectivity index (χ0) is 12.7. The maximum atomic E-state index is 10.6. The van der Waals surface area contributed by atoms with Gasteiger partial charge in [0.25, 0.3) is 0 Å². The monoisotopic (exact) mass is 291 g/mol. The zero-order valence-electron chi connectivity index (χ0n) is 8.32. The maximum absolute atomic E-state index is 10.6. The van der Waals surface area contributed by atoms with Crippen molar-refractivity contribution in [3.63, 3.8) is 0 Å². The Morgan fingerprint density at radius 3 is 1.76 bits per heavy atom. The summed E-state index contributed by atoms with van der Waals surface area (Å²) in [4.78, 5) is -2.50. The van der Waals surface area contributed by atoms with E-state index in [1.54, 1.807) is 0 Å². The molecule has 0 unspecified atom stereocenters. The summed E-state index contributed by atoms with van der Waals surface area (Å²) in [6.07, 6.45) is 0. The Kier molecular flexibility index (Phi) is 4.99. The molecule has 0 radical (unpaired) electrons. The van der Waals surface area contributed by atoms with Gasteiger partial charge in [-0.2, -0.15) is 0 Å². The average molecular weight is 291 g/mol. The van der Waals surface area contributed by atoms with Gasteiger partial charge in [0.2, 0.25) is 0 Å². The van der Waals surface area contributed by atoms with E-state index in [4.69, 9.17) is 10.2 Å². The van der Waals surface area contributed by atoms with E-state index in [0.717, 1.165) is 0 Å². The summed E-state index contributed by atoms with van der Waals surface area (Å²) in [5.74, 6) is -2.49. The first-order valence-electron chi connectivity index (χ1n) is 3.51. The fraction of sp³-hybridized carbons (Fsp3) is 0. The van der Waals surface area contributed by atoms with Crippen molar-refractivity contribution in [1.29, 1.82) is 0 Å². The molecule has 17 heavy (non-hydrogen) atoms. The molecular weight excluding hydrogens is 287 g/mol. The topological polar surface area (TPSA) is 155 Å². The van der Waals surface area contributed by atoms with Crippen LogP contribution in [-0.4, -0.2) is 36.2 Å². The van der Waals surface area contributed by atoms with E-state index in [-0.39, 0.29) is 35.6 Å². The molecule has 0 aliphatic carbocycles. The largest absolute Gasteiger partial charge is 1.00 e. The summed E-state index contributed by atoms with van der Waals surface area (Å²) in [6, 6.07) is 0.520. The minimum Gasteiger partial charge on any atom is -0.744 e. The van der Waals surface area contributed by atoms with Crippen molar-refractivity contribution in [2.24, 2.45) is 0 Å². The standard InChI is InChI=1S/C6H6O8S2.Na/c7-4-1-3(15(9,10)11)2-5(6(4)8)16(12,13)14;/h1-2,7-8H,(H,9,10,11)(H,12,13,14);/q;+1/p-2. The summed E-state index contributed by atoms with van der Waals surface area (Å²) in [6.45, 7) is 0. The minimum absolute atomic E-state index is 0. The Balaban J connectivity index is 0.00000256. The number of phenols is 2. The van der Waals surface area contributed by atoms with E-state index in [1.807, 2.05) is 0 Å². The van der Waals surface area contributed by atoms with Crippen LogP contribution in [0.5, 0.6) is 11.5 Å². The van der Waals surface area contributed by atoms with Crippen molar-refractivity contribution in [2.75, 3.05) is 0 Å². The molecule has 8 nitrogen and oxygen atoms in total. The van der Waals surface area contributed by atoms with Crippen LogP contribution < -0.4 is 29.6 Å². The Hall–Kier alpha value is -0.360. The third-order valence-electron chi connectivity index (χ3n) is 1.59. The van der Waals surface area contributed by atoms with Crippen LogP contribution in [0.25, 0.3) is 0 Å². The van der Waals surface area contributed by atoms with Crippen LogP contribution in [0.15, 0.2) is 21.9 Å². The van der Waals surface area contributed by atoms with E-state index >= 15 is 0 Å². The smallest absolute Gasteiger partial charge is 0.744 e. The number of rotatable bonds is 2. The van der Waals surface area contributed by atoms with Gasteiger partial charge in [-0.3, -0.25) is 0 Å². The quantitative estimate of drug-likeness (QED) is 0.316. The summed E-state index contributed by atoms with van der Waals surface area (Å²) in [5, 5.41) is 17.9. The molecule has 0 aromatic heterocycles. The first kappa shape index (κ1) is 16.6. The van der Waals surface area contributed by atoms with Crippen LogP contribution >= 0.6 is 0 Å². The van der Waals surface area contributed by atoms with Gasteiger partial charge in [-0.05, 0) is 6.07 Å². The van der Waals surface area contributed by atoms with Gasteiger partial charge >= 0.3 is 29.6 Å². The first-order valence-corrected chi connectivity index (χ1v) is 6.33. The number of phenolic OH excluding ortho intramolecular Hbond substituents is 2. The first-order chi connectivity index (χ1) is 7.03. The predicted molar refractivity (Wildman–Crippen MR) is 45.7 cm³/mol. The van der Waals surface area contributed by atoms with Crippen LogP contribution in [0.3, 0.4) is 0 Å². The molecule has 1 aromatic rings. The number of benzene rings is 1. The molecule has 0 saturated carbocycles. The van der Waals surface area contributed by atoms with E-state index in [9.17, 15) is 25.9 Å². The molecular formula is C6H4NaO8S2-. The SMILES string of the molecule is O=S(=O)([O-])c1cc(O)c(O)c(S(=O)(=O)[O-])c1.[Na+]. The fourth-order valence-electron chi connectivity index (χ4n) is 0.903. The fourth-order valence-corrected chi connectivity index (χ4v) is 2.11. The molecule has 0 aliphatic heterocycles.